The molecule has 0 aliphatic carbocycles. The highest BCUT2D eigenvalue weighted by Gasteiger charge is 2.06. The number of amides is 1. The van der Waals surface area contributed by atoms with Gasteiger partial charge in [-0.3, -0.25) is 4.79 Å². The molecular formula is C9H13NOS. The van der Waals surface area contributed by atoms with Gasteiger partial charge in [-0.2, -0.15) is 0 Å². The third kappa shape index (κ3) is 2.34. The largest absolute Gasteiger partial charge is 0.338 e. The zero-order valence-electron chi connectivity index (χ0n) is 7.36. The Balaban J connectivity index is 2.54. The summed E-state index contributed by atoms with van der Waals surface area (Å²) < 4.78 is 0. The second-order valence-electron chi connectivity index (χ2n) is 2.95. The monoisotopic (exact) mass is 183 g/mol. The fourth-order valence-corrected chi connectivity index (χ4v) is 1.64. The number of thiophene rings is 1. The lowest BCUT2D eigenvalue weighted by atomic mass is 10.3. The van der Waals surface area contributed by atoms with Gasteiger partial charge in [-0.25, -0.2) is 0 Å². The fraction of sp³-hybridized carbons (Fsp3) is 0.444. The van der Waals surface area contributed by atoms with Gasteiger partial charge in [0.05, 0.1) is 6.54 Å². The van der Waals surface area contributed by atoms with E-state index in [-0.39, 0.29) is 6.04 Å². The highest BCUT2D eigenvalue weighted by Crippen LogP contribution is 2.12. The van der Waals surface area contributed by atoms with E-state index in [2.05, 4.69) is 0 Å². The molecular weight excluding hydrogens is 170 g/mol. The summed E-state index contributed by atoms with van der Waals surface area (Å²) in [5.74, 6) is 0. The van der Waals surface area contributed by atoms with Crippen LogP contribution in [0.3, 0.4) is 0 Å². The minimum atomic E-state index is 0.282. The fourth-order valence-electron chi connectivity index (χ4n) is 0.924. The lowest BCUT2D eigenvalue weighted by Gasteiger charge is -2.20. The first kappa shape index (κ1) is 9.26. The molecule has 0 spiro atoms. The smallest absolute Gasteiger partial charge is 0.210 e. The van der Waals surface area contributed by atoms with Crippen LogP contribution in [0.5, 0.6) is 0 Å². The Bertz CT molecular complexity index is 231. The molecule has 2 nitrogen and oxygen atoms in total. The summed E-state index contributed by atoms with van der Waals surface area (Å²) in [5.41, 5.74) is 0. The van der Waals surface area contributed by atoms with E-state index >= 15 is 0 Å². The van der Waals surface area contributed by atoms with Gasteiger partial charge in [0.2, 0.25) is 6.41 Å². The molecule has 1 rings (SSSR count). The number of carbonyl (C=O) groups excluding carboxylic acids is 1. The molecule has 0 radical (unpaired) electrons. The van der Waals surface area contributed by atoms with Crippen molar-refractivity contribution in [2.24, 2.45) is 0 Å². The van der Waals surface area contributed by atoms with Crippen LogP contribution in [0, 0.1) is 0 Å². The highest BCUT2D eigenvalue weighted by molar-refractivity contribution is 7.09. The van der Waals surface area contributed by atoms with Crippen LogP contribution in [0.2, 0.25) is 0 Å². The summed E-state index contributed by atoms with van der Waals surface area (Å²) in [6, 6.07) is 4.33. The molecule has 0 atom stereocenters. The molecule has 0 N–H and O–H groups in total. The van der Waals surface area contributed by atoms with Gasteiger partial charge < -0.3 is 4.90 Å². The van der Waals surface area contributed by atoms with E-state index in [9.17, 15) is 4.79 Å². The molecule has 12 heavy (non-hydrogen) atoms. The third-order valence-corrected chi connectivity index (χ3v) is 2.58. The van der Waals surface area contributed by atoms with E-state index in [1.54, 1.807) is 16.2 Å². The number of hydrogen-bond acceptors (Lipinski definition) is 2. The molecule has 1 amide bonds. The summed E-state index contributed by atoms with van der Waals surface area (Å²) in [6.07, 6.45) is 0.907. The molecule has 0 saturated carbocycles. The lowest BCUT2D eigenvalue weighted by Crippen LogP contribution is -2.28. The predicted octanol–water partition coefficient (Wildman–Crippen LogP) is 2.11. The molecule has 0 saturated heterocycles. The molecule has 1 heterocycles. The number of nitrogens with zero attached hydrogens (tertiary/aromatic N) is 1. The van der Waals surface area contributed by atoms with Crippen molar-refractivity contribution in [3.05, 3.63) is 22.4 Å². The SMILES string of the molecule is CC(C)N(C=O)Cc1cccs1. The maximum Gasteiger partial charge on any atom is 0.210 e. The number of hydrogen-bond donors (Lipinski definition) is 0. The zero-order valence-corrected chi connectivity index (χ0v) is 8.17. The molecule has 0 bridgehead atoms. The summed E-state index contributed by atoms with van der Waals surface area (Å²) >= 11 is 1.68. The lowest BCUT2D eigenvalue weighted by molar-refractivity contribution is -0.120. The van der Waals surface area contributed by atoms with Crippen LogP contribution >= 0.6 is 11.3 Å². The van der Waals surface area contributed by atoms with Crippen molar-refractivity contribution in [1.29, 1.82) is 0 Å². The van der Waals surface area contributed by atoms with Crippen LogP contribution in [0.4, 0.5) is 0 Å². The normalized spacial score (nSPS) is 10.2. The zero-order chi connectivity index (χ0) is 8.97. The summed E-state index contributed by atoms with van der Waals surface area (Å²) in [5, 5.41) is 2.03. The first-order valence-corrected chi connectivity index (χ1v) is 4.85. The Morgan fingerprint density at radius 2 is 2.42 bits per heavy atom. The quantitative estimate of drug-likeness (QED) is 0.655. The molecule has 0 fully saturated rings. The molecule has 0 aromatic carbocycles. The molecule has 0 unspecified atom stereocenters. The summed E-state index contributed by atoms with van der Waals surface area (Å²) in [7, 11) is 0. The summed E-state index contributed by atoms with van der Waals surface area (Å²) in [6.45, 7) is 4.77. The molecule has 3 heteroatoms. The minimum Gasteiger partial charge on any atom is -0.338 e. The van der Waals surface area contributed by atoms with Crippen molar-refractivity contribution in [3.63, 3.8) is 0 Å². The van der Waals surface area contributed by atoms with E-state index in [1.165, 1.54) is 4.88 Å². The first-order chi connectivity index (χ1) is 5.74. The van der Waals surface area contributed by atoms with Crippen molar-refractivity contribution in [3.8, 4) is 0 Å². The van der Waals surface area contributed by atoms with Crippen LogP contribution in [0.25, 0.3) is 0 Å². The first-order valence-electron chi connectivity index (χ1n) is 3.97. The van der Waals surface area contributed by atoms with Crippen molar-refractivity contribution in [2.75, 3.05) is 0 Å². The Morgan fingerprint density at radius 1 is 1.67 bits per heavy atom. The molecule has 0 aliphatic rings. The standard InChI is InChI=1S/C9H13NOS/c1-8(2)10(7-11)6-9-4-3-5-12-9/h3-5,7-8H,6H2,1-2H3. The predicted molar refractivity (Wildman–Crippen MR) is 51.1 cm³/mol. The van der Waals surface area contributed by atoms with Crippen molar-refractivity contribution in [2.45, 2.75) is 26.4 Å². The van der Waals surface area contributed by atoms with Gasteiger partial charge in [0.25, 0.3) is 0 Å². The van der Waals surface area contributed by atoms with Gasteiger partial charge in [-0.05, 0) is 25.3 Å². The Morgan fingerprint density at radius 3 is 2.83 bits per heavy atom. The van der Waals surface area contributed by atoms with E-state index < -0.39 is 0 Å². The maximum atomic E-state index is 10.6. The second kappa shape index (κ2) is 4.26. The van der Waals surface area contributed by atoms with E-state index in [0.717, 1.165) is 13.0 Å². The van der Waals surface area contributed by atoms with Gasteiger partial charge in [0, 0.05) is 10.9 Å². The average Bonchev–Trinajstić information content (AvgIpc) is 2.51. The van der Waals surface area contributed by atoms with Crippen LogP contribution in [-0.4, -0.2) is 17.4 Å². The van der Waals surface area contributed by atoms with Gasteiger partial charge in [0.1, 0.15) is 0 Å². The topological polar surface area (TPSA) is 20.3 Å². The average molecular weight is 183 g/mol. The van der Waals surface area contributed by atoms with Crippen molar-refractivity contribution >= 4 is 17.7 Å². The molecule has 0 aliphatic heterocycles. The number of carbonyl (C=O) groups is 1. The van der Waals surface area contributed by atoms with Crippen molar-refractivity contribution < 1.29 is 4.79 Å². The Hall–Kier alpha value is -0.830. The number of rotatable bonds is 4. The molecule has 66 valence electrons. The van der Waals surface area contributed by atoms with Gasteiger partial charge in [0.15, 0.2) is 0 Å². The summed E-state index contributed by atoms with van der Waals surface area (Å²) in [4.78, 5) is 13.6. The van der Waals surface area contributed by atoms with Crippen LogP contribution in [0.1, 0.15) is 18.7 Å². The van der Waals surface area contributed by atoms with Crippen LogP contribution in [0.15, 0.2) is 17.5 Å². The van der Waals surface area contributed by atoms with Gasteiger partial charge >= 0.3 is 0 Å². The highest BCUT2D eigenvalue weighted by atomic mass is 32.1. The van der Waals surface area contributed by atoms with E-state index in [1.807, 2.05) is 31.4 Å². The Labute approximate surface area is 76.8 Å². The van der Waals surface area contributed by atoms with E-state index in [0.29, 0.717) is 0 Å². The van der Waals surface area contributed by atoms with Crippen molar-refractivity contribution in [1.82, 2.24) is 4.90 Å². The minimum absolute atomic E-state index is 0.282. The third-order valence-electron chi connectivity index (χ3n) is 1.72. The second-order valence-corrected chi connectivity index (χ2v) is 3.98. The van der Waals surface area contributed by atoms with E-state index in [4.69, 9.17) is 0 Å². The maximum absolute atomic E-state index is 10.6. The van der Waals surface area contributed by atoms with Gasteiger partial charge in [-0.15, -0.1) is 11.3 Å². The Kier molecular flexibility index (Phi) is 3.29. The van der Waals surface area contributed by atoms with Gasteiger partial charge in [-0.1, -0.05) is 6.07 Å². The molecule has 1 aromatic heterocycles. The van der Waals surface area contributed by atoms with Crippen LogP contribution in [-0.2, 0) is 11.3 Å². The van der Waals surface area contributed by atoms with Crippen LogP contribution < -0.4 is 0 Å². The molecule has 1 aromatic rings.